The Hall–Kier alpha value is -3.01. The summed E-state index contributed by atoms with van der Waals surface area (Å²) >= 11 is 0. The van der Waals surface area contributed by atoms with Gasteiger partial charge in [0.25, 0.3) is 0 Å². The van der Waals surface area contributed by atoms with E-state index >= 15 is 0 Å². The van der Waals surface area contributed by atoms with Crippen LogP contribution in [0.5, 0.6) is 0 Å². The SMILES string of the molecule is CC(C)C1=C2[C@H]3CC[C@@H]4[C@@]5(C)CC[C@H](OC(=O)CC(C)(C)C(=O)O)C(C)(C)[C@@H]5CC[C@@]4(C)[C@]3(C)CC[C@@]2(NC(=O)NCc2cncnc2)CC1=O.Cl. The summed E-state index contributed by atoms with van der Waals surface area (Å²) in [5, 5.41) is 16.0. The standard InChI is InChI=1S/C41H60N4O6.ClH/c1-24(2)32-27(46)18-41(45-35(50)44-22-25-20-42-23-43-21-25)17-16-39(8)26(33(32)41)10-11-29-38(7)14-13-30(51-31(47)19-36(3,4)34(48)49)37(5,6)28(38)12-15-40(29,39)9;/h20-21,23-24,26,28-30H,10-19,22H2,1-9H3,(H,48,49)(H2,44,45,50);1H/t26-,28+,29-,30+,38+,39-,40-,41-;/m1./s1. The maximum atomic E-state index is 13.9. The largest absolute Gasteiger partial charge is 0.481 e. The molecular formula is C41H61ClN4O6. The van der Waals surface area contributed by atoms with E-state index in [1.54, 1.807) is 26.2 Å². The first-order valence-corrected chi connectivity index (χ1v) is 19.2. The fourth-order valence-electron chi connectivity index (χ4n) is 12.4. The first-order valence-electron chi connectivity index (χ1n) is 19.2. The minimum absolute atomic E-state index is 0. The van der Waals surface area contributed by atoms with Crippen molar-refractivity contribution in [2.75, 3.05) is 0 Å². The quantitative estimate of drug-likeness (QED) is 0.229. The number of nitrogens with one attached hydrogen (secondary N) is 2. The van der Waals surface area contributed by atoms with E-state index in [4.69, 9.17) is 4.74 Å². The molecular weight excluding hydrogens is 680 g/mol. The number of aliphatic carboxylic acids is 1. The van der Waals surface area contributed by atoms with E-state index in [1.807, 2.05) is 0 Å². The average Bonchev–Trinajstić information content (AvgIpc) is 3.33. The van der Waals surface area contributed by atoms with Crippen LogP contribution in [0.15, 0.2) is 29.9 Å². The summed E-state index contributed by atoms with van der Waals surface area (Å²) in [6.07, 6.45) is 12.3. The average molecular weight is 741 g/mol. The molecule has 0 aromatic carbocycles. The number of amides is 2. The summed E-state index contributed by atoms with van der Waals surface area (Å²) in [5.74, 6) is -0.177. The molecule has 11 heteroatoms. The molecule has 52 heavy (non-hydrogen) atoms. The van der Waals surface area contributed by atoms with E-state index in [1.165, 1.54) is 11.9 Å². The van der Waals surface area contributed by atoms with Crippen molar-refractivity contribution < 1.29 is 29.0 Å². The van der Waals surface area contributed by atoms with Gasteiger partial charge in [0, 0.05) is 36.3 Å². The van der Waals surface area contributed by atoms with Crippen molar-refractivity contribution in [3.05, 3.63) is 35.4 Å². The van der Waals surface area contributed by atoms with Crippen molar-refractivity contribution in [3.63, 3.8) is 0 Å². The third-order valence-corrected chi connectivity index (χ3v) is 15.2. The van der Waals surface area contributed by atoms with Gasteiger partial charge in [-0.1, -0.05) is 48.5 Å². The Morgan fingerprint density at radius 1 is 0.942 bits per heavy atom. The number of allylic oxidation sites excluding steroid dienone is 1. The number of Topliss-reactive ketones (excluding diaryl/α,β-unsaturated/α-hetero) is 1. The summed E-state index contributed by atoms with van der Waals surface area (Å²) in [6.45, 7) is 19.7. The van der Waals surface area contributed by atoms with Crippen LogP contribution in [0.25, 0.3) is 0 Å². The Morgan fingerprint density at radius 3 is 2.25 bits per heavy atom. The number of carboxylic acids is 1. The van der Waals surface area contributed by atoms with Crippen molar-refractivity contribution in [1.29, 1.82) is 0 Å². The normalized spacial score (nSPS) is 36.4. The third kappa shape index (κ3) is 6.26. The number of hydrogen-bond acceptors (Lipinski definition) is 7. The van der Waals surface area contributed by atoms with Crippen LogP contribution in [0.4, 0.5) is 4.79 Å². The van der Waals surface area contributed by atoms with Gasteiger partial charge < -0.3 is 20.5 Å². The van der Waals surface area contributed by atoms with Crippen molar-refractivity contribution in [2.45, 2.75) is 145 Å². The predicted octanol–water partition coefficient (Wildman–Crippen LogP) is 7.84. The molecule has 5 aliphatic rings. The molecule has 10 nitrogen and oxygen atoms in total. The summed E-state index contributed by atoms with van der Waals surface area (Å²) in [6, 6.07) is -0.267. The van der Waals surface area contributed by atoms with E-state index in [9.17, 15) is 24.3 Å². The number of carboxylic acid groups (broad SMARTS) is 1. The second kappa shape index (κ2) is 13.7. The molecule has 1 aromatic heterocycles. The van der Waals surface area contributed by atoms with Gasteiger partial charge in [-0.3, -0.25) is 14.4 Å². The second-order valence-corrected chi connectivity index (χ2v) is 19.0. The maximum Gasteiger partial charge on any atom is 0.315 e. The Labute approximate surface area is 315 Å². The Balaban J connectivity index is 0.00000523. The van der Waals surface area contributed by atoms with Gasteiger partial charge in [0.1, 0.15) is 12.4 Å². The second-order valence-electron chi connectivity index (χ2n) is 19.0. The molecule has 8 atom stereocenters. The highest BCUT2D eigenvalue weighted by molar-refractivity contribution is 6.02. The molecule has 5 aliphatic carbocycles. The zero-order valence-corrected chi connectivity index (χ0v) is 33.5. The molecule has 0 spiro atoms. The predicted molar refractivity (Wildman–Crippen MR) is 200 cm³/mol. The van der Waals surface area contributed by atoms with Gasteiger partial charge in [0.15, 0.2) is 5.78 Å². The molecule has 0 bridgehead atoms. The molecule has 0 saturated heterocycles. The number of halogens is 1. The minimum Gasteiger partial charge on any atom is -0.481 e. The molecule has 4 fully saturated rings. The van der Waals surface area contributed by atoms with E-state index in [2.05, 4.69) is 69.1 Å². The summed E-state index contributed by atoms with van der Waals surface area (Å²) in [7, 11) is 0. The van der Waals surface area contributed by atoms with Crippen LogP contribution >= 0.6 is 12.4 Å². The highest BCUT2D eigenvalue weighted by atomic mass is 35.5. The number of esters is 1. The number of hydrogen-bond donors (Lipinski definition) is 3. The number of rotatable bonds is 8. The molecule has 0 radical (unpaired) electrons. The zero-order valence-electron chi connectivity index (χ0n) is 32.7. The van der Waals surface area contributed by atoms with Gasteiger partial charge >= 0.3 is 18.0 Å². The van der Waals surface area contributed by atoms with E-state index in [0.717, 1.165) is 62.5 Å². The number of carbonyl (C=O) groups is 4. The van der Waals surface area contributed by atoms with Crippen molar-refractivity contribution in [2.24, 2.45) is 50.7 Å². The summed E-state index contributed by atoms with van der Waals surface area (Å²) in [5.41, 5.74) is 0.845. The number of nitrogens with zero attached hydrogens (tertiary/aromatic N) is 2. The Kier molecular flexibility index (Phi) is 10.6. The topological polar surface area (TPSA) is 148 Å². The number of carbonyl (C=O) groups excluding carboxylic acids is 3. The zero-order chi connectivity index (χ0) is 37.4. The first kappa shape index (κ1) is 40.2. The monoisotopic (exact) mass is 740 g/mol. The van der Waals surface area contributed by atoms with Gasteiger partial charge in [-0.15, -0.1) is 12.4 Å². The van der Waals surface area contributed by atoms with Gasteiger partial charge in [-0.2, -0.15) is 0 Å². The molecule has 1 aromatic rings. The lowest BCUT2D eigenvalue weighted by Crippen LogP contribution is -2.67. The molecule has 6 rings (SSSR count). The summed E-state index contributed by atoms with van der Waals surface area (Å²) in [4.78, 5) is 60.3. The van der Waals surface area contributed by atoms with Gasteiger partial charge in [-0.05, 0) is 116 Å². The highest BCUT2D eigenvalue weighted by Gasteiger charge is 2.70. The molecule has 4 saturated carbocycles. The molecule has 0 aliphatic heterocycles. The van der Waals surface area contributed by atoms with E-state index in [-0.39, 0.29) is 70.2 Å². The van der Waals surface area contributed by atoms with Crippen LogP contribution in [0.1, 0.15) is 132 Å². The fraction of sp³-hybridized carbons (Fsp3) is 0.756. The molecule has 1 heterocycles. The lowest BCUT2D eigenvalue weighted by atomic mass is 9.33. The number of ether oxygens (including phenoxy) is 1. The van der Waals surface area contributed by atoms with E-state index < -0.39 is 22.9 Å². The maximum absolute atomic E-state index is 13.9. The first-order chi connectivity index (χ1) is 23.7. The lowest BCUT2D eigenvalue weighted by molar-refractivity contribution is -0.232. The Morgan fingerprint density at radius 2 is 1.62 bits per heavy atom. The molecule has 2 amide bonds. The minimum atomic E-state index is -1.17. The smallest absolute Gasteiger partial charge is 0.315 e. The van der Waals surface area contributed by atoms with Crippen LogP contribution in [-0.2, 0) is 25.7 Å². The van der Waals surface area contributed by atoms with Crippen molar-refractivity contribution >= 4 is 36.2 Å². The molecule has 288 valence electrons. The van der Waals surface area contributed by atoms with Gasteiger partial charge in [-0.25, -0.2) is 14.8 Å². The summed E-state index contributed by atoms with van der Waals surface area (Å²) < 4.78 is 6.14. The Bertz CT molecular complexity index is 1630. The molecule has 3 N–H and O–H groups in total. The third-order valence-electron chi connectivity index (χ3n) is 15.2. The van der Waals surface area contributed by atoms with Crippen LogP contribution < -0.4 is 10.6 Å². The van der Waals surface area contributed by atoms with Crippen molar-refractivity contribution in [1.82, 2.24) is 20.6 Å². The van der Waals surface area contributed by atoms with Gasteiger partial charge in [0.2, 0.25) is 0 Å². The fourth-order valence-corrected chi connectivity index (χ4v) is 12.4. The van der Waals surface area contributed by atoms with Gasteiger partial charge in [0.05, 0.1) is 17.4 Å². The van der Waals surface area contributed by atoms with Crippen molar-refractivity contribution in [3.8, 4) is 0 Å². The van der Waals surface area contributed by atoms with Crippen LogP contribution in [0, 0.1) is 50.7 Å². The highest BCUT2D eigenvalue weighted by Crippen LogP contribution is 2.76. The lowest BCUT2D eigenvalue weighted by Gasteiger charge is -2.72. The number of ketones is 1. The van der Waals surface area contributed by atoms with Crippen LogP contribution in [-0.4, -0.2) is 50.5 Å². The van der Waals surface area contributed by atoms with Crippen LogP contribution in [0.2, 0.25) is 0 Å². The molecule has 0 unspecified atom stereocenters. The number of aromatic nitrogens is 2. The van der Waals surface area contributed by atoms with E-state index in [0.29, 0.717) is 24.8 Å². The van der Waals surface area contributed by atoms with Crippen LogP contribution in [0.3, 0.4) is 0 Å². The number of urea groups is 1. The number of fused-ring (bicyclic) bond motifs is 7.